The van der Waals surface area contributed by atoms with E-state index in [4.69, 9.17) is 9.72 Å². The van der Waals surface area contributed by atoms with Gasteiger partial charge in [-0.15, -0.1) is 0 Å². The zero-order chi connectivity index (χ0) is 17.2. The van der Waals surface area contributed by atoms with Crippen LogP contribution in [-0.4, -0.2) is 21.6 Å². The molecule has 4 heteroatoms. The molecule has 2 aromatic carbocycles. The van der Waals surface area contributed by atoms with Gasteiger partial charge in [0.05, 0.1) is 24.6 Å². The minimum atomic E-state index is 0.928. The summed E-state index contributed by atoms with van der Waals surface area (Å²) in [5.74, 6) is 0.928. The molecule has 0 aliphatic carbocycles. The molecule has 25 heavy (non-hydrogen) atoms. The maximum atomic E-state index is 5.42. The van der Waals surface area contributed by atoms with Crippen LogP contribution < -0.4 is 4.74 Å². The second-order valence-corrected chi connectivity index (χ2v) is 5.92. The summed E-state index contributed by atoms with van der Waals surface area (Å²) >= 11 is 0. The fourth-order valence-electron chi connectivity index (χ4n) is 3.06. The summed E-state index contributed by atoms with van der Waals surface area (Å²) in [7, 11) is 1.71. The van der Waals surface area contributed by atoms with Crippen LogP contribution in [0.2, 0.25) is 0 Å². The number of imidazole rings is 1. The fourth-order valence-corrected chi connectivity index (χ4v) is 3.06. The molecule has 0 unspecified atom stereocenters. The number of methoxy groups -OCH3 is 1. The van der Waals surface area contributed by atoms with E-state index in [0.29, 0.717) is 0 Å². The Kier molecular flexibility index (Phi) is 3.94. The van der Waals surface area contributed by atoms with Gasteiger partial charge in [-0.1, -0.05) is 13.0 Å². The molecular formula is C21H19N3O. The van der Waals surface area contributed by atoms with Gasteiger partial charge in [-0.2, -0.15) is 0 Å². The van der Waals surface area contributed by atoms with Crippen molar-refractivity contribution in [2.24, 2.45) is 0 Å². The number of rotatable bonds is 4. The Morgan fingerprint density at radius 3 is 2.72 bits per heavy atom. The number of ether oxygens (including phenoxy) is 1. The quantitative estimate of drug-likeness (QED) is 0.547. The number of nitrogens with zero attached hydrogens (tertiary/aromatic N) is 3. The third kappa shape index (κ3) is 2.87. The molecule has 0 aliphatic heterocycles. The highest BCUT2D eigenvalue weighted by atomic mass is 16.5. The standard InChI is InChI=1S/C21H19N3O/c1-3-15-12-16(5-9-21(15)25-2)19-7-4-17-13-18(6-8-20(17)23-19)24-11-10-22-14-24/h4-14H,3H2,1-2H3. The molecule has 0 aliphatic rings. The van der Waals surface area contributed by atoms with Crippen molar-refractivity contribution in [3.05, 3.63) is 72.8 Å². The highest BCUT2D eigenvalue weighted by Crippen LogP contribution is 2.28. The lowest BCUT2D eigenvalue weighted by Crippen LogP contribution is -1.93. The second kappa shape index (κ2) is 6.40. The summed E-state index contributed by atoms with van der Waals surface area (Å²) < 4.78 is 7.41. The zero-order valence-electron chi connectivity index (χ0n) is 14.3. The van der Waals surface area contributed by atoms with Crippen molar-refractivity contribution in [2.75, 3.05) is 7.11 Å². The molecule has 0 atom stereocenters. The maximum Gasteiger partial charge on any atom is 0.122 e. The first kappa shape index (κ1) is 15.4. The van der Waals surface area contributed by atoms with Crippen molar-refractivity contribution >= 4 is 10.9 Å². The van der Waals surface area contributed by atoms with Crippen molar-refractivity contribution in [3.8, 4) is 22.7 Å². The normalized spacial score (nSPS) is 11.0. The van der Waals surface area contributed by atoms with E-state index in [-0.39, 0.29) is 0 Å². The molecule has 0 saturated heterocycles. The molecule has 0 saturated carbocycles. The van der Waals surface area contributed by atoms with Gasteiger partial charge in [-0.3, -0.25) is 0 Å². The van der Waals surface area contributed by atoms with Crippen molar-refractivity contribution < 1.29 is 4.74 Å². The van der Waals surface area contributed by atoms with E-state index in [0.717, 1.165) is 40.0 Å². The highest BCUT2D eigenvalue weighted by molar-refractivity contribution is 5.83. The van der Waals surface area contributed by atoms with E-state index >= 15 is 0 Å². The Bertz CT molecular complexity index is 1020. The van der Waals surface area contributed by atoms with Crippen LogP contribution in [0.15, 0.2) is 67.3 Å². The van der Waals surface area contributed by atoms with Gasteiger partial charge >= 0.3 is 0 Å². The minimum Gasteiger partial charge on any atom is -0.496 e. The minimum absolute atomic E-state index is 0.928. The van der Waals surface area contributed by atoms with Gasteiger partial charge in [0.1, 0.15) is 5.75 Å². The van der Waals surface area contributed by atoms with Crippen molar-refractivity contribution in [3.63, 3.8) is 0 Å². The van der Waals surface area contributed by atoms with Gasteiger partial charge in [0.25, 0.3) is 0 Å². The third-order valence-electron chi connectivity index (χ3n) is 4.43. The third-order valence-corrected chi connectivity index (χ3v) is 4.43. The fraction of sp³-hybridized carbons (Fsp3) is 0.143. The van der Waals surface area contributed by atoms with Crippen LogP contribution >= 0.6 is 0 Å². The Balaban J connectivity index is 1.75. The molecule has 0 spiro atoms. The Labute approximate surface area is 146 Å². The monoisotopic (exact) mass is 329 g/mol. The van der Waals surface area contributed by atoms with E-state index < -0.39 is 0 Å². The van der Waals surface area contributed by atoms with Gasteiger partial charge in [0, 0.05) is 29.0 Å². The number of hydrogen-bond acceptors (Lipinski definition) is 3. The van der Waals surface area contributed by atoms with Crippen LogP contribution in [0.3, 0.4) is 0 Å². The van der Waals surface area contributed by atoms with Crippen LogP contribution in [-0.2, 0) is 6.42 Å². The van der Waals surface area contributed by atoms with E-state index in [1.165, 1.54) is 5.56 Å². The van der Waals surface area contributed by atoms with Gasteiger partial charge in [-0.25, -0.2) is 9.97 Å². The summed E-state index contributed by atoms with van der Waals surface area (Å²) in [6, 6.07) is 16.7. The summed E-state index contributed by atoms with van der Waals surface area (Å²) in [5.41, 5.74) is 5.34. The average Bonchev–Trinajstić information content (AvgIpc) is 3.21. The molecule has 2 heterocycles. The molecule has 0 fully saturated rings. The van der Waals surface area contributed by atoms with E-state index in [1.54, 1.807) is 19.6 Å². The lowest BCUT2D eigenvalue weighted by atomic mass is 10.0. The number of pyridine rings is 1. The number of aryl methyl sites for hydroxylation is 1. The first-order valence-corrected chi connectivity index (χ1v) is 8.35. The Morgan fingerprint density at radius 1 is 1.04 bits per heavy atom. The summed E-state index contributed by atoms with van der Waals surface area (Å²) in [5, 5.41) is 1.11. The molecule has 0 bridgehead atoms. The SMILES string of the molecule is CCc1cc(-c2ccc3cc(-n4ccnc4)ccc3n2)ccc1OC. The van der Waals surface area contributed by atoms with Crippen LogP contribution in [0.1, 0.15) is 12.5 Å². The lowest BCUT2D eigenvalue weighted by molar-refractivity contribution is 0.410. The zero-order valence-corrected chi connectivity index (χ0v) is 14.3. The van der Waals surface area contributed by atoms with Crippen molar-refractivity contribution in [2.45, 2.75) is 13.3 Å². The van der Waals surface area contributed by atoms with Crippen LogP contribution in [0, 0.1) is 0 Å². The molecule has 4 nitrogen and oxygen atoms in total. The van der Waals surface area contributed by atoms with Gasteiger partial charge in [0.2, 0.25) is 0 Å². The topological polar surface area (TPSA) is 39.9 Å². The summed E-state index contributed by atoms with van der Waals surface area (Å²) in [6.45, 7) is 2.13. The highest BCUT2D eigenvalue weighted by Gasteiger charge is 2.07. The second-order valence-electron chi connectivity index (χ2n) is 5.92. The van der Waals surface area contributed by atoms with Crippen LogP contribution in [0.25, 0.3) is 27.8 Å². The first-order valence-electron chi connectivity index (χ1n) is 8.35. The Morgan fingerprint density at radius 2 is 1.96 bits per heavy atom. The predicted octanol–water partition coefficient (Wildman–Crippen LogP) is 4.66. The smallest absolute Gasteiger partial charge is 0.122 e. The molecule has 4 aromatic rings. The van der Waals surface area contributed by atoms with Crippen molar-refractivity contribution in [1.82, 2.24) is 14.5 Å². The predicted molar refractivity (Wildman–Crippen MR) is 100 cm³/mol. The lowest BCUT2D eigenvalue weighted by Gasteiger charge is -2.10. The molecule has 0 amide bonds. The molecule has 0 radical (unpaired) electrons. The molecule has 0 N–H and O–H groups in total. The molecule has 124 valence electrons. The number of fused-ring (bicyclic) bond motifs is 1. The molecule has 4 rings (SSSR count). The van der Waals surface area contributed by atoms with E-state index in [9.17, 15) is 0 Å². The summed E-state index contributed by atoms with van der Waals surface area (Å²) in [4.78, 5) is 8.93. The summed E-state index contributed by atoms with van der Waals surface area (Å²) in [6.07, 6.45) is 6.44. The number of benzene rings is 2. The first-order chi connectivity index (χ1) is 12.3. The van der Waals surface area contributed by atoms with Gasteiger partial charge in [0.15, 0.2) is 0 Å². The van der Waals surface area contributed by atoms with E-state index in [2.05, 4.69) is 54.4 Å². The molecular weight excluding hydrogens is 310 g/mol. The van der Waals surface area contributed by atoms with Crippen LogP contribution in [0.4, 0.5) is 0 Å². The largest absolute Gasteiger partial charge is 0.496 e. The van der Waals surface area contributed by atoms with Crippen molar-refractivity contribution in [1.29, 1.82) is 0 Å². The maximum absolute atomic E-state index is 5.42. The van der Waals surface area contributed by atoms with E-state index in [1.807, 2.05) is 16.8 Å². The van der Waals surface area contributed by atoms with Gasteiger partial charge in [-0.05, 0) is 54.4 Å². The molecule has 2 aromatic heterocycles. The van der Waals surface area contributed by atoms with Gasteiger partial charge < -0.3 is 9.30 Å². The average molecular weight is 329 g/mol. The number of aromatic nitrogens is 3. The van der Waals surface area contributed by atoms with Crippen LogP contribution in [0.5, 0.6) is 5.75 Å². The number of hydrogen-bond donors (Lipinski definition) is 0. The Hall–Kier alpha value is -3.14.